The van der Waals surface area contributed by atoms with E-state index in [9.17, 15) is 0 Å². The Morgan fingerprint density at radius 3 is 2.42 bits per heavy atom. The first kappa shape index (κ1) is 13.3. The van der Waals surface area contributed by atoms with Crippen molar-refractivity contribution in [3.63, 3.8) is 0 Å². The fraction of sp³-hybridized carbons (Fsp3) is 0.333. The normalized spacial score (nSPS) is 10.4. The summed E-state index contributed by atoms with van der Waals surface area (Å²) in [6, 6.07) is 8.06. The predicted octanol–water partition coefficient (Wildman–Crippen LogP) is 2.83. The van der Waals surface area contributed by atoms with Crippen molar-refractivity contribution in [1.82, 2.24) is 9.97 Å². The molecule has 0 radical (unpaired) electrons. The lowest BCUT2D eigenvalue weighted by Gasteiger charge is -2.06. The Balaban J connectivity index is 1.92. The molecule has 19 heavy (non-hydrogen) atoms. The van der Waals surface area contributed by atoms with Crippen LogP contribution in [0.5, 0.6) is 5.75 Å². The number of unbranched alkanes of at least 4 members (excludes halogenated alkanes) is 1. The van der Waals surface area contributed by atoms with Gasteiger partial charge < -0.3 is 10.5 Å². The lowest BCUT2D eigenvalue weighted by Crippen LogP contribution is -1.99. The molecule has 0 spiro atoms. The number of benzene rings is 1. The Bertz CT molecular complexity index is 494. The lowest BCUT2D eigenvalue weighted by molar-refractivity contribution is 0.309. The van der Waals surface area contributed by atoms with Crippen LogP contribution in [0.2, 0.25) is 0 Å². The molecule has 0 aliphatic rings. The Labute approximate surface area is 113 Å². The zero-order valence-electron chi connectivity index (χ0n) is 11.2. The van der Waals surface area contributed by atoms with Gasteiger partial charge in [-0.15, -0.1) is 0 Å². The van der Waals surface area contributed by atoms with Crippen molar-refractivity contribution < 1.29 is 4.74 Å². The molecule has 0 aliphatic heterocycles. The number of anilines is 1. The molecule has 0 bridgehead atoms. The molecule has 2 rings (SSSR count). The molecule has 1 heterocycles. The second kappa shape index (κ2) is 6.73. The molecule has 0 fully saturated rings. The molecule has 0 aliphatic carbocycles. The highest BCUT2D eigenvalue weighted by atomic mass is 16.5. The Kier molecular flexibility index (Phi) is 4.72. The molecule has 1 aromatic carbocycles. The summed E-state index contributed by atoms with van der Waals surface area (Å²) in [7, 11) is 0. The zero-order chi connectivity index (χ0) is 13.5. The zero-order valence-corrected chi connectivity index (χ0v) is 11.2. The van der Waals surface area contributed by atoms with Gasteiger partial charge in [0.2, 0.25) is 0 Å². The summed E-state index contributed by atoms with van der Waals surface area (Å²) in [4.78, 5) is 8.38. The highest BCUT2D eigenvalue weighted by molar-refractivity contribution is 5.32. The van der Waals surface area contributed by atoms with Gasteiger partial charge in [0.15, 0.2) is 0 Å². The van der Waals surface area contributed by atoms with Gasteiger partial charge in [-0.3, -0.25) is 0 Å². The topological polar surface area (TPSA) is 61.0 Å². The third-order valence-corrected chi connectivity index (χ3v) is 2.78. The van der Waals surface area contributed by atoms with Gasteiger partial charge in [0.25, 0.3) is 0 Å². The van der Waals surface area contributed by atoms with Crippen molar-refractivity contribution in [1.29, 1.82) is 0 Å². The highest BCUT2D eigenvalue weighted by Gasteiger charge is 2.00. The average molecular weight is 257 g/mol. The summed E-state index contributed by atoms with van der Waals surface area (Å²) in [5.41, 5.74) is 7.30. The van der Waals surface area contributed by atoms with Crippen molar-refractivity contribution in [2.24, 2.45) is 0 Å². The van der Waals surface area contributed by atoms with E-state index in [0.29, 0.717) is 12.1 Å². The predicted molar refractivity (Wildman–Crippen MR) is 76.1 cm³/mol. The molecule has 0 amide bonds. The molecule has 0 atom stereocenters. The molecule has 100 valence electrons. The van der Waals surface area contributed by atoms with E-state index in [1.54, 1.807) is 12.4 Å². The minimum Gasteiger partial charge on any atom is -0.494 e. The molecular formula is C15H19N3O. The number of nitrogens with two attached hydrogens (primary N) is 1. The molecule has 0 saturated heterocycles. The maximum absolute atomic E-state index is 5.62. The lowest BCUT2D eigenvalue weighted by atomic mass is 10.1. The summed E-state index contributed by atoms with van der Waals surface area (Å²) < 4.78 is 5.62. The second-order valence-corrected chi connectivity index (χ2v) is 4.46. The van der Waals surface area contributed by atoms with E-state index in [0.717, 1.165) is 36.6 Å². The van der Waals surface area contributed by atoms with Crippen molar-refractivity contribution in [3.05, 3.63) is 48.0 Å². The molecule has 4 heteroatoms. The SMILES string of the molecule is CCCCOc1ccc(Cc2ncc(N)cn2)cc1. The standard InChI is InChI=1S/C15H19N3O/c1-2-3-8-19-14-6-4-12(5-7-14)9-15-17-10-13(16)11-18-15/h4-7,10-11H,2-3,8-9,16H2,1H3. The van der Waals surface area contributed by atoms with Gasteiger partial charge in [0, 0.05) is 6.42 Å². The monoisotopic (exact) mass is 257 g/mol. The molecule has 2 N–H and O–H groups in total. The van der Waals surface area contributed by atoms with Gasteiger partial charge in [0.1, 0.15) is 11.6 Å². The quantitative estimate of drug-likeness (QED) is 0.808. The van der Waals surface area contributed by atoms with Crippen LogP contribution in [0.25, 0.3) is 0 Å². The third-order valence-electron chi connectivity index (χ3n) is 2.78. The van der Waals surface area contributed by atoms with Gasteiger partial charge in [-0.25, -0.2) is 9.97 Å². The van der Waals surface area contributed by atoms with Crippen LogP contribution < -0.4 is 10.5 Å². The second-order valence-electron chi connectivity index (χ2n) is 4.46. The smallest absolute Gasteiger partial charge is 0.132 e. The summed E-state index contributed by atoms with van der Waals surface area (Å²) in [5.74, 6) is 1.68. The van der Waals surface area contributed by atoms with E-state index < -0.39 is 0 Å². The van der Waals surface area contributed by atoms with Crippen LogP contribution in [-0.2, 0) is 6.42 Å². The Morgan fingerprint density at radius 2 is 1.79 bits per heavy atom. The van der Waals surface area contributed by atoms with Crippen LogP contribution in [-0.4, -0.2) is 16.6 Å². The molecule has 0 saturated carbocycles. The summed E-state index contributed by atoms with van der Waals surface area (Å²) >= 11 is 0. The van der Waals surface area contributed by atoms with E-state index >= 15 is 0 Å². The van der Waals surface area contributed by atoms with E-state index in [1.807, 2.05) is 24.3 Å². The average Bonchev–Trinajstić information content (AvgIpc) is 2.44. The minimum atomic E-state index is 0.587. The third kappa shape index (κ3) is 4.25. The summed E-state index contributed by atoms with van der Waals surface area (Å²) in [6.07, 6.45) is 6.19. The number of rotatable bonds is 6. The highest BCUT2D eigenvalue weighted by Crippen LogP contribution is 2.14. The molecule has 0 unspecified atom stereocenters. The van der Waals surface area contributed by atoms with Crippen LogP contribution in [0, 0.1) is 0 Å². The van der Waals surface area contributed by atoms with Gasteiger partial charge in [-0.2, -0.15) is 0 Å². The first-order valence-corrected chi connectivity index (χ1v) is 6.56. The van der Waals surface area contributed by atoms with Crippen LogP contribution in [0.15, 0.2) is 36.7 Å². The van der Waals surface area contributed by atoms with Gasteiger partial charge in [-0.1, -0.05) is 25.5 Å². The maximum Gasteiger partial charge on any atom is 0.132 e. The van der Waals surface area contributed by atoms with Crippen LogP contribution in [0.1, 0.15) is 31.2 Å². The summed E-state index contributed by atoms with van der Waals surface area (Å²) in [6.45, 7) is 2.93. The van der Waals surface area contributed by atoms with Crippen molar-refractivity contribution >= 4 is 5.69 Å². The van der Waals surface area contributed by atoms with Gasteiger partial charge in [0.05, 0.1) is 24.7 Å². The Morgan fingerprint density at radius 1 is 1.11 bits per heavy atom. The van der Waals surface area contributed by atoms with Gasteiger partial charge >= 0.3 is 0 Å². The number of aromatic nitrogens is 2. The van der Waals surface area contributed by atoms with E-state index in [1.165, 1.54) is 0 Å². The number of nitrogens with zero attached hydrogens (tertiary/aromatic N) is 2. The van der Waals surface area contributed by atoms with E-state index in [2.05, 4.69) is 16.9 Å². The van der Waals surface area contributed by atoms with E-state index in [-0.39, 0.29) is 0 Å². The fourth-order valence-corrected chi connectivity index (χ4v) is 1.68. The molecule has 2 aromatic rings. The first-order chi connectivity index (χ1) is 9.28. The van der Waals surface area contributed by atoms with Crippen molar-refractivity contribution in [3.8, 4) is 5.75 Å². The van der Waals surface area contributed by atoms with Crippen LogP contribution in [0.4, 0.5) is 5.69 Å². The van der Waals surface area contributed by atoms with Crippen molar-refractivity contribution in [2.75, 3.05) is 12.3 Å². The fourth-order valence-electron chi connectivity index (χ4n) is 1.68. The largest absolute Gasteiger partial charge is 0.494 e. The van der Waals surface area contributed by atoms with Gasteiger partial charge in [-0.05, 0) is 24.1 Å². The molecule has 4 nitrogen and oxygen atoms in total. The Hall–Kier alpha value is -2.10. The number of ether oxygens (including phenoxy) is 1. The van der Waals surface area contributed by atoms with E-state index in [4.69, 9.17) is 10.5 Å². The molecular weight excluding hydrogens is 238 g/mol. The molecule has 1 aromatic heterocycles. The number of nitrogen functional groups attached to an aromatic ring is 1. The summed E-state index contributed by atoms with van der Waals surface area (Å²) in [5, 5.41) is 0. The van der Waals surface area contributed by atoms with Crippen LogP contribution >= 0.6 is 0 Å². The van der Waals surface area contributed by atoms with Crippen LogP contribution in [0.3, 0.4) is 0 Å². The number of hydrogen-bond acceptors (Lipinski definition) is 4. The number of hydrogen-bond donors (Lipinski definition) is 1. The first-order valence-electron chi connectivity index (χ1n) is 6.56. The maximum atomic E-state index is 5.62. The van der Waals surface area contributed by atoms with Crippen molar-refractivity contribution in [2.45, 2.75) is 26.2 Å². The minimum absolute atomic E-state index is 0.587.